The normalized spacial score (nSPS) is 11.3. The average Bonchev–Trinajstić information content (AvgIpc) is 2.54. The number of aromatic amines is 1. The average molecular weight is 353 g/mol. The van der Waals surface area contributed by atoms with Crippen molar-refractivity contribution in [3.8, 4) is 5.75 Å². The Balaban J connectivity index is 1.76. The quantitative estimate of drug-likeness (QED) is 0.455. The van der Waals surface area contributed by atoms with E-state index < -0.39 is 0 Å². The lowest BCUT2D eigenvalue weighted by molar-refractivity contribution is 0.269. The van der Waals surface area contributed by atoms with Gasteiger partial charge >= 0.3 is 0 Å². The first kappa shape index (κ1) is 18.2. The van der Waals surface area contributed by atoms with E-state index in [1.807, 2.05) is 24.3 Å². The number of aromatic nitrogens is 1. The highest BCUT2D eigenvalue weighted by Gasteiger charge is 2.03. The lowest BCUT2D eigenvalue weighted by Gasteiger charge is -2.20. The predicted molar refractivity (Wildman–Crippen MR) is 103 cm³/mol. The first-order valence-electron chi connectivity index (χ1n) is 7.93. The fourth-order valence-electron chi connectivity index (χ4n) is 2.46. The van der Waals surface area contributed by atoms with Crippen molar-refractivity contribution in [1.29, 1.82) is 0 Å². The van der Waals surface area contributed by atoms with E-state index in [0.29, 0.717) is 6.61 Å². The highest BCUT2D eigenvalue weighted by Crippen LogP contribution is 2.18. The molecule has 0 saturated heterocycles. The van der Waals surface area contributed by atoms with Crippen LogP contribution in [0, 0.1) is 0 Å². The third-order valence-corrected chi connectivity index (χ3v) is 4.07. The molecule has 2 rings (SSSR count). The van der Waals surface area contributed by atoms with Crippen LogP contribution in [0.5, 0.6) is 5.75 Å². The number of thiol groups is 2. The number of hydrogen-bond donors (Lipinski definition) is 3. The molecule has 2 aromatic rings. The number of pyridine rings is 1. The Morgan fingerprint density at radius 1 is 1.00 bits per heavy atom. The Bertz CT molecular complexity index is 654. The van der Waals surface area contributed by atoms with Gasteiger partial charge in [-0.05, 0) is 43.0 Å². The van der Waals surface area contributed by atoms with Crippen LogP contribution in [-0.4, -0.2) is 47.6 Å². The van der Waals surface area contributed by atoms with Gasteiger partial charge in [0.2, 0.25) is 5.56 Å². The molecule has 1 heterocycles. The summed E-state index contributed by atoms with van der Waals surface area (Å²) in [5.74, 6) is 2.54. The molecule has 0 radical (unpaired) electrons. The van der Waals surface area contributed by atoms with E-state index in [0.717, 1.165) is 60.6 Å². The maximum absolute atomic E-state index is 11.4. The molecule has 0 bridgehead atoms. The van der Waals surface area contributed by atoms with Crippen LogP contribution in [0.2, 0.25) is 0 Å². The summed E-state index contributed by atoms with van der Waals surface area (Å²) in [6, 6.07) is 9.13. The second kappa shape index (κ2) is 9.90. The molecule has 1 aromatic carbocycles. The number of nitrogens with zero attached hydrogens (tertiary/aromatic N) is 1. The number of ether oxygens (including phenoxy) is 1. The summed E-state index contributed by atoms with van der Waals surface area (Å²) in [5.41, 5.74) is 0.715. The molecule has 0 aliphatic rings. The van der Waals surface area contributed by atoms with Crippen molar-refractivity contribution in [2.75, 3.05) is 37.7 Å². The molecule has 0 aliphatic carbocycles. The summed E-state index contributed by atoms with van der Waals surface area (Å²) in [6.07, 6.45) is 2.09. The predicted octanol–water partition coefficient (Wildman–Crippen LogP) is 2.85. The van der Waals surface area contributed by atoms with Crippen molar-refractivity contribution in [2.24, 2.45) is 0 Å². The minimum Gasteiger partial charge on any atom is -0.494 e. The van der Waals surface area contributed by atoms with E-state index in [1.54, 1.807) is 0 Å². The Kier molecular flexibility index (Phi) is 7.85. The zero-order chi connectivity index (χ0) is 16.5. The third-order valence-electron chi connectivity index (χ3n) is 3.67. The number of unbranched alkanes of at least 4 members (excludes halogenated alkanes) is 1. The molecule has 6 heteroatoms. The number of nitrogens with one attached hydrogen (secondary N) is 1. The second-order valence-corrected chi connectivity index (χ2v) is 6.31. The highest BCUT2D eigenvalue weighted by atomic mass is 32.1. The van der Waals surface area contributed by atoms with Crippen molar-refractivity contribution in [3.05, 3.63) is 40.7 Å². The molecule has 0 fully saturated rings. The van der Waals surface area contributed by atoms with Crippen molar-refractivity contribution >= 4 is 36.2 Å². The molecular formula is C17H24N2O2S2. The summed E-state index contributed by atoms with van der Waals surface area (Å²) in [6.45, 7) is 3.73. The van der Waals surface area contributed by atoms with Gasteiger partial charge in [0.1, 0.15) is 5.75 Å². The lowest BCUT2D eigenvalue weighted by Crippen LogP contribution is -2.29. The largest absolute Gasteiger partial charge is 0.494 e. The number of H-pyrrole nitrogens is 1. The zero-order valence-corrected chi connectivity index (χ0v) is 15.0. The molecular weight excluding hydrogens is 328 g/mol. The van der Waals surface area contributed by atoms with Crippen LogP contribution in [-0.2, 0) is 0 Å². The second-order valence-electron chi connectivity index (χ2n) is 5.42. The van der Waals surface area contributed by atoms with Crippen LogP contribution in [0.1, 0.15) is 12.8 Å². The Labute approximate surface area is 148 Å². The van der Waals surface area contributed by atoms with Gasteiger partial charge in [-0.25, -0.2) is 0 Å². The van der Waals surface area contributed by atoms with Crippen LogP contribution in [0.15, 0.2) is 35.1 Å². The molecule has 1 aromatic heterocycles. The van der Waals surface area contributed by atoms with Gasteiger partial charge in [-0.15, -0.1) is 0 Å². The van der Waals surface area contributed by atoms with E-state index in [1.165, 1.54) is 6.07 Å². The van der Waals surface area contributed by atoms with Gasteiger partial charge in [0.25, 0.3) is 0 Å². The van der Waals surface area contributed by atoms with Crippen molar-refractivity contribution in [2.45, 2.75) is 12.8 Å². The van der Waals surface area contributed by atoms with Gasteiger partial charge in [-0.2, -0.15) is 25.3 Å². The van der Waals surface area contributed by atoms with Crippen LogP contribution in [0.4, 0.5) is 0 Å². The molecule has 0 unspecified atom stereocenters. The van der Waals surface area contributed by atoms with E-state index in [9.17, 15) is 4.79 Å². The molecule has 0 spiro atoms. The maximum Gasteiger partial charge on any atom is 0.248 e. The minimum absolute atomic E-state index is 0.0943. The van der Waals surface area contributed by atoms with Crippen molar-refractivity contribution in [3.63, 3.8) is 0 Å². The third kappa shape index (κ3) is 6.12. The van der Waals surface area contributed by atoms with Gasteiger partial charge in [0, 0.05) is 36.7 Å². The zero-order valence-electron chi connectivity index (χ0n) is 13.2. The molecule has 0 aliphatic heterocycles. The van der Waals surface area contributed by atoms with Crippen molar-refractivity contribution < 1.29 is 4.74 Å². The molecule has 4 nitrogen and oxygen atoms in total. The summed E-state index contributed by atoms with van der Waals surface area (Å²) in [5, 5.41) is 1.01. The van der Waals surface area contributed by atoms with E-state index in [2.05, 4.69) is 35.1 Å². The highest BCUT2D eigenvalue weighted by molar-refractivity contribution is 7.80. The summed E-state index contributed by atoms with van der Waals surface area (Å²) in [7, 11) is 0. The maximum atomic E-state index is 11.4. The van der Waals surface area contributed by atoms with Crippen LogP contribution in [0.3, 0.4) is 0 Å². The van der Waals surface area contributed by atoms with Crippen molar-refractivity contribution in [1.82, 2.24) is 9.88 Å². The van der Waals surface area contributed by atoms with Crippen LogP contribution in [0.25, 0.3) is 10.9 Å². The summed E-state index contributed by atoms with van der Waals surface area (Å²) >= 11 is 8.57. The molecule has 126 valence electrons. The molecule has 0 saturated carbocycles. The fourth-order valence-corrected chi connectivity index (χ4v) is 3.03. The van der Waals surface area contributed by atoms with Gasteiger partial charge < -0.3 is 14.6 Å². The van der Waals surface area contributed by atoms with Crippen LogP contribution < -0.4 is 10.3 Å². The first-order chi connectivity index (χ1) is 11.2. The standard InChI is InChI=1S/C17H24N2O2S2/c20-17-6-4-14-3-5-15(13-16(14)18-17)21-10-2-1-7-19(8-11-22)9-12-23/h3-6,13,22-23H,1-2,7-12H2,(H,18,20). The first-order valence-corrected chi connectivity index (χ1v) is 9.19. The SMILES string of the molecule is O=c1ccc2ccc(OCCCCN(CCS)CCS)cc2[nH]1. The van der Waals surface area contributed by atoms with E-state index >= 15 is 0 Å². The molecule has 23 heavy (non-hydrogen) atoms. The summed E-state index contributed by atoms with van der Waals surface area (Å²) in [4.78, 5) is 16.5. The fraction of sp³-hybridized carbons (Fsp3) is 0.471. The molecule has 1 N–H and O–H groups in total. The van der Waals surface area contributed by atoms with Gasteiger partial charge in [0.05, 0.1) is 12.1 Å². The summed E-state index contributed by atoms with van der Waals surface area (Å²) < 4.78 is 5.78. The van der Waals surface area contributed by atoms with Crippen LogP contribution >= 0.6 is 25.3 Å². The number of hydrogen-bond acceptors (Lipinski definition) is 5. The number of rotatable bonds is 10. The lowest BCUT2D eigenvalue weighted by atomic mass is 10.2. The Morgan fingerprint density at radius 2 is 1.74 bits per heavy atom. The minimum atomic E-state index is -0.0943. The van der Waals surface area contributed by atoms with Gasteiger partial charge in [-0.3, -0.25) is 4.79 Å². The number of fused-ring (bicyclic) bond motifs is 1. The number of benzene rings is 1. The van der Waals surface area contributed by atoms with E-state index in [4.69, 9.17) is 4.74 Å². The monoisotopic (exact) mass is 352 g/mol. The topological polar surface area (TPSA) is 45.3 Å². The molecule has 0 amide bonds. The van der Waals surface area contributed by atoms with E-state index in [-0.39, 0.29) is 5.56 Å². The molecule has 0 atom stereocenters. The smallest absolute Gasteiger partial charge is 0.248 e. The van der Waals surface area contributed by atoms with Gasteiger partial charge in [-0.1, -0.05) is 0 Å². The Morgan fingerprint density at radius 3 is 2.48 bits per heavy atom. The van der Waals surface area contributed by atoms with Gasteiger partial charge in [0.15, 0.2) is 0 Å². The Hall–Kier alpha value is -1.11.